The summed E-state index contributed by atoms with van der Waals surface area (Å²) in [4.78, 5) is 24.8. The van der Waals surface area contributed by atoms with Crippen molar-refractivity contribution in [1.29, 1.82) is 0 Å². The quantitative estimate of drug-likeness (QED) is 0.333. The summed E-state index contributed by atoms with van der Waals surface area (Å²) >= 11 is 0. The van der Waals surface area contributed by atoms with Crippen LogP contribution in [0.1, 0.15) is 5.56 Å². The maximum Gasteiger partial charge on any atom is 0.247 e. The molecule has 2 heterocycles. The number of aromatic nitrogens is 4. The van der Waals surface area contributed by atoms with Crippen molar-refractivity contribution in [3.8, 4) is 11.5 Å². The van der Waals surface area contributed by atoms with Gasteiger partial charge in [0.25, 0.3) is 0 Å². The Balaban J connectivity index is 1.39. The number of ether oxygens (including phenoxy) is 1. The topological polar surface area (TPSA) is 94.0 Å². The molecule has 0 radical (unpaired) electrons. The third-order valence-electron chi connectivity index (χ3n) is 5.45. The van der Waals surface area contributed by atoms with Crippen LogP contribution >= 0.6 is 0 Å². The van der Waals surface area contributed by atoms with E-state index in [4.69, 9.17) is 4.74 Å². The Bertz CT molecular complexity index is 1560. The summed E-state index contributed by atoms with van der Waals surface area (Å²) in [7, 11) is 1.96. The molecule has 0 unspecified atom stereocenters. The third kappa shape index (κ3) is 4.16. The van der Waals surface area contributed by atoms with Gasteiger partial charge in [-0.05, 0) is 67.1 Å². The van der Waals surface area contributed by atoms with Gasteiger partial charge < -0.3 is 19.9 Å². The van der Waals surface area contributed by atoms with E-state index in [2.05, 4.69) is 32.2 Å². The van der Waals surface area contributed by atoms with Crippen LogP contribution in [-0.2, 0) is 11.8 Å². The van der Waals surface area contributed by atoms with Crippen molar-refractivity contribution in [2.45, 2.75) is 6.92 Å². The average Bonchev–Trinajstić information content (AvgIpc) is 3.21. The number of anilines is 3. The first-order valence-corrected chi connectivity index (χ1v) is 10.6. The Labute approximate surface area is 195 Å². The molecule has 5 rings (SSSR count). The number of nitrogens with zero attached hydrogens (tertiary/aromatic N) is 4. The van der Waals surface area contributed by atoms with Crippen molar-refractivity contribution in [3.05, 3.63) is 85.5 Å². The van der Waals surface area contributed by atoms with Gasteiger partial charge in [-0.15, -0.1) is 0 Å². The predicted molar refractivity (Wildman–Crippen MR) is 134 cm³/mol. The number of amides is 1. The fraction of sp³-hybridized carbons (Fsp3) is 0.0769. The van der Waals surface area contributed by atoms with Gasteiger partial charge in [0.2, 0.25) is 5.91 Å². The van der Waals surface area contributed by atoms with E-state index in [-0.39, 0.29) is 5.91 Å². The molecule has 0 saturated heterocycles. The molecule has 34 heavy (non-hydrogen) atoms. The van der Waals surface area contributed by atoms with Gasteiger partial charge in [-0.3, -0.25) is 4.79 Å². The molecule has 8 heteroatoms. The maximum absolute atomic E-state index is 11.7. The fourth-order valence-corrected chi connectivity index (χ4v) is 3.71. The van der Waals surface area contributed by atoms with Crippen LogP contribution in [0.25, 0.3) is 21.9 Å². The summed E-state index contributed by atoms with van der Waals surface area (Å²) in [5, 5.41) is 6.90. The SMILES string of the molecule is C=CC(=O)Nc1ccc2ncnc(Nc3ccc(Oc4ccc5c(c4)ncn5C)c(C)c3)c2c1. The van der Waals surface area contributed by atoms with Crippen LogP contribution in [-0.4, -0.2) is 25.4 Å². The van der Waals surface area contributed by atoms with Gasteiger partial charge in [-0.25, -0.2) is 15.0 Å². The maximum atomic E-state index is 11.7. The summed E-state index contributed by atoms with van der Waals surface area (Å²) in [6.07, 6.45) is 4.52. The second-order valence-corrected chi connectivity index (χ2v) is 7.86. The number of aryl methyl sites for hydroxylation is 2. The third-order valence-corrected chi connectivity index (χ3v) is 5.45. The second kappa shape index (κ2) is 8.67. The molecule has 168 valence electrons. The summed E-state index contributed by atoms with van der Waals surface area (Å²) < 4.78 is 8.08. The van der Waals surface area contributed by atoms with Crippen LogP contribution in [0.4, 0.5) is 17.2 Å². The first kappa shape index (κ1) is 21.1. The highest BCUT2D eigenvalue weighted by atomic mass is 16.5. The van der Waals surface area contributed by atoms with E-state index in [1.165, 1.54) is 12.4 Å². The van der Waals surface area contributed by atoms with Crippen molar-refractivity contribution < 1.29 is 9.53 Å². The molecule has 2 N–H and O–H groups in total. The van der Waals surface area contributed by atoms with Crippen molar-refractivity contribution in [1.82, 2.24) is 19.5 Å². The van der Waals surface area contributed by atoms with Crippen molar-refractivity contribution in [2.24, 2.45) is 7.05 Å². The number of imidazole rings is 1. The summed E-state index contributed by atoms with van der Waals surface area (Å²) in [6, 6.07) is 17.2. The predicted octanol–water partition coefficient (Wildman–Crippen LogP) is 5.49. The van der Waals surface area contributed by atoms with Crippen molar-refractivity contribution in [3.63, 3.8) is 0 Å². The molecule has 0 spiro atoms. The Morgan fingerprint density at radius 1 is 1.00 bits per heavy atom. The minimum atomic E-state index is -0.279. The van der Waals surface area contributed by atoms with Gasteiger partial charge in [-0.2, -0.15) is 0 Å². The number of carbonyl (C=O) groups excluding carboxylic acids is 1. The minimum Gasteiger partial charge on any atom is -0.457 e. The Hall–Kier alpha value is -4.72. The summed E-state index contributed by atoms with van der Waals surface area (Å²) in [6.45, 7) is 5.47. The summed E-state index contributed by atoms with van der Waals surface area (Å²) in [5.74, 6) is 1.83. The molecule has 0 atom stereocenters. The molecule has 0 saturated carbocycles. The molecule has 0 bridgehead atoms. The van der Waals surface area contributed by atoms with E-state index in [0.29, 0.717) is 11.5 Å². The molecular formula is C26H22N6O2. The van der Waals surface area contributed by atoms with Crippen LogP contribution < -0.4 is 15.4 Å². The van der Waals surface area contributed by atoms with Crippen LogP contribution in [0.2, 0.25) is 0 Å². The lowest BCUT2D eigenvalue weighted by molar-refractivity contribution is -0.111. The van der Waals surface area contributed by atoms with Gasteiger partial charge >= 0.3 is 0 Å². The molecule has 0 fully saturated rings. The van der Waals surface area contributed by atoms with Gasteiger partial charge in [0.1, 0.15) is 23.6 Å². The Morgan fingerprint density at radius 3 is 2.68 bits per heavy atom. The molecular weight excluding hydrogens is 428 g/mol. The zero-order chi connectivity index (χ0) is 23.7. The van der Waals surface area contributed by atoms with E-state index < -0.39 is 0 Å². The average molecular weight is 451 g/mol. The van der Waals surface area contributed by atoms with E-state index in [1.54, 1.807) is 12.4 Å². The number of rotatable bonds is 6. The van der Waals surface area contributed by atoms with E-state index in [1.807, 2.05) is 67.1 Å². The molecule has 0 aliphatic heterocycles. The number of benzene rings is 3. The van der Waals surface area contributed by atoms with E-state index in [9.17, 15) is 4.79 Å². The van der Waals surface area contributed by atoms with Crippen molar-refractivity contribution in [2.75, 3.05) is 10.6 Å². The number of fused-ring (bicyclic) bond motifs is 2. The van der Waals surface area contributed by atoms with Crippen LogP contribution in [0, 0.1) is 6.92 Å². The second-order valence-electron chi connectivity index (χ2n) is 7.86. The van der Waals surface area contributed by atoms with Gasteiger partial charge in [0.15, 0.2) is 0 Å². The van der Waals surface area contributed by atoms with E-state index in [0.717, 1.165) is 44.7 Å². The number of hydrogen-bond acceptors (Lipinski definition) is 6. The number of nitrogens with one attached hydrogen (secondary N) is 2. The molecule has 0 aliphatic rings. The van der Waals surface area contributed by atoms with Crippen molar-refractivity contribution >= 4 is 45.0 Å². The van der Waals surface area contributed by atoms with Gasteiger partial charge in [-0.1, -0.05) is 6.58 Å². The first-order chi connectivity index (χ1) is 16.5. The largest absolute Gasteiger partial charge is 0.457 e. The standard InChI is InChI=1S/C26H22N6O2/c1-4-25(33)30-18-5-8-21-20(12-18)26(28-14-27-21)31-17-6-10-24(16(2)11-17)34-19-7-9-23-22(13-19)29-15-32(23)3/h4-15H,1H2,2-3H3,(H,30,33)(H,27,28,31). The molecule has 1 amide bonds. The van der Waals surface area contributed by atoms with Crippen LogP contribution in [0.3, 0.4) is 0 Å². The first-order valence-electron chi connectivity index (χ1n) is 10.6. The van der Waals surface area contributed by atoms with Gasteiger partial charge in [0, 0.05) is 29.9 Å². The highest BCUT2D eigenvalue weighted by Crippen LogP contribution is 2.31. The normalized spacial score (nSPS) is 10.9. The Kier molecular flexibility index (Phi) is 5.39. The zero-order valence-electron chi connectivity index (χ0n) is 18.7. The minimum absolute atomic E-state index is 0.279. The fourth-order valence-electron chi connectivity index (χ4n) is 3.71. The Morgan fingerprint density at radius 2 is 1.85 bits per heavy atom. The monoisotopic (exact) mass is 450 g/mol. The smallest absolute Gasteiger partial charge is 0.247 e. The lowest BCUT2D eigenvalue weighted by Crippen LogP contribution is -2.07. The molecule has 0 aliphatic carbocycles. The van der Waals surface area contributed by atoms with Crippen LogP contribution in [0.15, 0.2) is 79.9 Å². The molecule has 3 aromatic carbocycles. The lowest BCUT2D eigenvalue weighted by Gasteiger charge is -2.13. The molecule has 5 aromatic rings. The molecule has 8 nitrogen and oxygen atoms in total. The number of hydrogen-bond donors (Lipinski definition) is 2. The van der Waals surface area contributed by atoms with E-state index >= 15 is 0 Å². The van der Waals surface area contributed by atoms with Gasteiger partial charge in [0.05, 0.1) is 22.9 Å². The highest BCUT2D eigenvalue weighted by molar-refractivity contribution is 6.01. The number of carbonyl (C=O) groups is 1. The lowest BCUT2D eigenvalue weighted by atomic mass is 10.1. The summed E-state index contributed by atoms with van der Waals surface area (Å²) in [5.41, 5.74) is 5.15. The zero-order valence-corrected chi connectivity index (χ0v) is 18.7. The van der Waals surface area contributed by atoms with Crippen LogP contribution in [0.5, 0.6) is 11.5 Å². The highest BCUT2D eigenvalue weighted by Gasteiger charge is 2.09. The molecule has 2 aromatic heterocycles.